The topological polar surface area (TPSA) is 73.2 Å². The van der Waals surface area contributed by atoms with Crippen molar-refractivity contribution in [3.05, 3.63) is 52.8 Å². The minimum atomic E-state index is -0.674. The van der Waals surface area contributed by atoms with Gasteiger partial charge in [-0.2, -0.15) is 5.10 Å². The van der Waals surface area contributed by atoms with Gasteiger partial charge in [0.1, 0.15) is 6.04 Å². The quantitative estimate of drug-likeness (QED) is 0.825. The molecule has 0 aliphatic carbocycles. The van der Waals surface area contributed by atoms with E-state index in [9.17, 15) is 9.59 Å². The molecule has 128 valence electrons. The zero-order valence-electron chi connectivity index (χ0n) is 14.5. The standard InChI is InChI=1S/C18H23N3O3/c1-5-24-18(23)14(4)19-17(22)16-8-6-15(7-9-16)11-21-13(3)10-12(2)20-21/h6-10,14H,5,11H2,1-4H3,(H,19,22). The molecule has 0 radical (unpaired) electrons. The van der Waals surface area contributed by atoms with E-state index in [0.717, 1.165) is 17.0 Å². The van der Waals surface area contributed by atoms with Crippen molar-refractivity contribution < 1.29 is 14.3 Å². The first-order valence-corrected chi connectivity index (χ1v) is 7.98. The Balaban J connectivity index is 1.99. The molecule has 24 heavy (non-hydrogen) atoms. The highest BCUT2D eigenvalue weighted by atomic mass is 16.5. The fourth-order valence-corrected chi connectivity index (χ4v) is 2.38. The Morgan fingerprint density at radius 1 is 1.25 bits per heavy atom. The van der Waals surface area contributed by atoms with Crippen LogP contribution < -0.4 is 5.32 Å². The van der Waals surface area contributed by atoms with E-state index in [-0.39, 0.29) is 5.91 Å². The molecule has 0 aliphatic heterocycles. The number of nitrogens with one attached hydrogen (secondary N) is 1. The lowest BCUT2D eigenvalue weighted by atomic mass is 10.1. The number of aromatic nitrogens is 2. The Kier molecular flexibility index (Phi) is 5.73. The Labute approximate surface area is 141 Å². The fourth-order valence-electron chi connectivity index (χ4n) is 2.38. The number of carbonyl (C=O) groups is 2. The fraction of sp³-hybridized carbons (Fsp3) is 0.389. The lowest BCUT2D eigenvalue weighted by molar-refractivity contribution is -0.144. The van der Waals surface area contributed by atoms with E-state index < -0.39 is 12.0 Å². The summed E-state index contributed by atoms with van der Waals surface area (Å²) in [5.41, 5.74) is 3.63. The van der Waals surface area contributed by atoms with E-state index in [2.05, 4.69) is 10.4 Å². The molecule has 0 aliphatic rings. The lowest BCUT2D eigenvalue weighted by Gasteiger charge is -2.13. The van der Waals surface area contributed by atoms with Crippen LogP contribution >= 0.6 is 0 Å². The molecule has 6 heteroatoms. The summed E-state index contributed by atoms with van der Waals surface area (Å²) in [5.74, 6) is -0.736. The second-order valence-corrected chi connectivity index (χ2v) is 5.73. The maximum Gasteiger partial charge on any atom is 0.328 e. The van der Waals surface area contributed by atoms with E-state index in [1.807, 2.05) is 36.7 Å². The summed E-state index contributed by atoms with van der Waals surface area (Å²) < 4.78 is 6.80. The first-order valence-electron chi connectivity index (χ1n) is 7.98. The molecule has 1 unspecified atom stereocenters. The molecule has 0 saturated heterocycles. The molecule has 1 aromatic carbocycles. The summed E-state index contributed by atoms with van der Waals surface area (Å²) in [7, 11) is 0. The van der Waals surface area contributed by atoms with Gasteiger partial charge in [0.15, 0.2) is 0 Å². The van der Waals surface area contributed by atoms with Gasteiger partial charge in [-0.25, -0.2) is 4.79 Å². The Hall–Kier alpha value is -2.63. The molecule has 0 bridgehead atoms. The van der Waals surface area contributed by atoms with Crippen LogP contribution in [0.25, 0.3) is 0 Å². The summed E-state index contributed by atoms with van der Waals surface area (Å²) in [4.78, 5) is 23.7. The van der Waals surface area contributed by atoms with Crippen LogP contribution in [0.5, 0.6) is 0 Å². The van der Waals surface area contributed by atoms with E-state index in [1.165, 1.54) is 0 Å². The molecule has 1 amide bonds. The number of carbonyl (C=O) groups excluding carboxylic acids is 2. The maximum atomic E-state index is 12.2. The van der Waals surface area contributed by atoms with Gasteiger partial charge < -0.3 is 10.1 Å². The molecule has 0 saturated carbocycles. The van der Waals surface area contributed by atoms with Crippen LogP contribution in [0, 0.1) is 13.8 Å². The van der Waals surface area contributed by atoms with Crippen LogP contribution in [0.4, 0.5) is 0 Å². The van der Waals surface area contributed by atoms with Crippen LogP contribution in [-0.2, 0) is 16.1 Å². The molecule has 2 rings (SSSR count). The monoisotopic (exact) mass is 329 g/mol. The van der Waals surface area contributed by atoms with Crippen molar-refractivity contribution in [2.75, 3.05) is 6.61 Å². The van der Waals surface area contributed by atoms with Gasteiger partial charge in [0.2, 0.25) is 0 Å². The molecule has 0 fully saturated rings. The highest BCUT2D eigenvalue weighted by Gasteiger charge is 2.17. The third-order valence-corrected chi connectivity index (χ3v) is 3.64. The van der Waals surface area contributed by atoms with Crippen LogP contribution in [0.1, 0.15) is 41.2 Å². The molecular weight excluding hydrogens is 306 g/mol. The minimum absolute atomic E-state index is 0.292. The van der Waals surface area contributed by atoms with Crippen molar-refractivity contribution in [3.63, 3.8) is 0 Å². The SMILES string of the molecule is CCOC(=O)C(C)NC(=O)c1ccc(Cn2nc(C)cc2C)cc1. The van der Waals surface area contributed by atoms with Crippen LogP contribution in [0.15, 0.2) is 30.3 Å². The first-order chi connectivity index (χ1) is 11.4. The van der Waals surface area contributed by atoms with Crippen molar-refractivity contribution in [1.82, 2.24) is 15.1 Å². The van der Waals surface area contributed by atoms with Crippen molar-refractivity contribution in [2.24, 2.45) is 0 Å². The zero-order chi connectivity index (χ0) is 17.7. The highest BCUT2D eigenvalue weighted by Crippen LogP contribution is 2.09. The number of hydrogen-bond donors (Lipinski definition) is 1. The lowest BCUT2D eigenvalue weighted by Crippen LogP contribution is -2.39. The number of benzene rings is 1. The Morgan fingerprint density at radius 2 is 1.92 bits per heavy atom. The predicted molar refractivity (Wildman–Crippen MR) is 90.8 cm³/mol. The molecule has 6 nitrogen and oxygen atoms in total. The molecule has 1 heterocycles. The molecule has 2 aromatic rings. The van der Waals surface area contributed by atoms with Crippen molar-refractivity contribution in [2.45, 2.75) is 40.3 Å². The van der Waals surface area contributed by atoms with Crippen molar-refractivity contribution in [3.8, 4) is 0 Å². The summed E-state index contributed by atoms with van der Waals surface area (Å²) >= 11 is 0. The van der Waals surface area contributed by atoms with Crippen molar-refractivity contribution >= 4 is 11.9 Å². The molecular formula is C18H23N3O3. The van der Waals surface area contributed by atoms with Gasteiger partial charge in [0.25, 0.3) is 5.91 Å². The van der Waals surface area contributed by atoms with Gasteiger partial charge in [0.05, 0.1) is 18.8 Å². The normalized spacial score (nSPS) is 11.8. The highest BCUT2D eigenvalue weighted by molar-refractivity contribution is 5.96. The predicted octanol–water partition coefficient (Wildman–Crippen LogP) is 2.23. The largest absolute Gasteiger partial charge is 0.464 e. The van der Waals surface area contributed by atoms with Gasteiger partial charge in [-0.05, 0) is 51.5 Å². The van der Waals surface area contributed by atoms with Gasteiger partial charge in [0, 0.05) is 11.3 Å². The molecule has 1 aromatic heterocycles. The molecule has 0 spiro atoms. The summed E-state index contributed by atoms with van der Waals surface area (Å²) in [6.07, 6.45) is 0. The van der Waals surface area contributed by atoms with Crippen LogP contribution in [0.3, 0.4) is 0 Å². The number of aryl methyl sites for hydroxylation is 2. The van der Waals surface area contributed by atoms with Crippen molar-refractivity contribution in [1.29, 1.82) is 0 Å². The van der Waals surface area contributed by atoms with Gasteiger partial charge >= 0.3 is 5.97 Å². The van der Waals surface area contributed by atoms with E-state index in [0.29, 0.717) is 18.7 Å². The number of nitrogens with zero attached hydrogens (tertiary/aromatic N) is 2. The third kappa shape index (κ3) is 4.44. The van der Waals surface area contributed by atoms with Crippen LogP contribution in [0.2, 0.25) is 0 Å². The second kappa shape index (κ2) is 7.77. The number of rotatable bonds is 6. The number of ether oxygens (including phenoxy) is 1. The minimum Gasteiger partial charge on any atom is -0.464 e. The molecule has 1 N–H and O–H groups in total. The van der Waals surface area contributed by atoms with E-state index >= 15 is 0 Å². The van der Waals surface area contributed by atoms with Crippen LogP contribution in [-0.4, -0.2) is 34.3 Å². The summed E-state index contributed by atoms with van der Waals surface area (Å²) in [6, 6.07) is 8.62. The van der Waals surface area contributed by atoms with E-state index in [4.69, 9.17) is 4.74 Å². The Morgan fingerprint density at radius 3 is 2.46 bits per heavy atom. The van der Waals surface area contributed by atoms with E-state index in [1.54, 1.807) is 26.0 Å². The van der Waals surface area contributed by atoms with Gasteiger partial charge in [-0.15, -0.1) is 0 Å². The first kappa shape index (κ1) is 17.7. The maximum absolute atomic E-state index is 12.2. The van der Waals surface area contributed by atoms with Gasteiger partial charge in [-0.1, -0.05) is 12.1 Å². The molecule has 1 atom stereocenters. The number of hydrogen-bond acceptors (Lipinski definition) is 4. The average Bonchev–Trinajstić information content (AvgIpc) is 2.85. The average molecular weight is 329 g/mol. The second-order valence-electron chi connectivity index (χ2n) is 5.73. The number of amides is 1. The number of esters is 1. The van der Waals surface area contributed by atoms with Gasteiger partial charge in [-0.3, -0.25) is 9.48 Å². The summed E-state index contributed by atoms with van der Waals surface area (Å²) in [6.45, 7) is 8.25. The third-order valence-electron chi connectivity index (χ3n) is 3.64. The Bertz CT molecular complexity index is 720. The summed E-state index contributed by atoms with van der Waals surface area (Å²) in [5, 5.41) is 7.06. The smallest absolute Gasteiger partial charge is 0.328 e. The zero-order valence-corrected chi connectivity index (χ0v) is 14.5.